The van der Waals surface area contributed by atoms with E-state index in [1.165, 1.54) is 12.8 Å². The van der Waals surface area contributed by atoms with Crippen molar-refractivity contribution in [3.8, 4) is 10.8 Å². The van der Waals surface area contributed by atoms with E-state index >= 15 is 0 Å². The van der Waals surface area contributed by atoms with Gasteiger partial charge in [-0.15, -0.1) is 36.2 Å². The number of nitrogens with one attached hydrogen (secondary N) is 1. The first-order valence-electron chi connectivity index (χ1n) is 8.23. The molecule has 4 rings (SSSR count). The third-order valence-electron chi connectivity index (χ3n) is 4.82. The van der Waals surface area contributed by atoms with Gasteiger partial charge < -0.3 is 14.6 Å². The Bertz CT molecular complexity index is 705. The molecule has 2 aromatic heterocycles. The topological polar surface area (TPSA) is 58.4 Å². The molecular weight excluding hydrogens is 381 g/mol. The van der Waals surface area contributed by atoms with Crippen LogP contribution >= 0.6 is 36.2 Å². The van der Waals surface area contributed by atoms with E-state index in [0.717, 1.165) is 35.8 Å². The van der Waals surface area contributed by atoms with Crippen molar-refractivity contribution in [2.45, 2.75) is 44.7 Å². The Morgan fingerprint density at radius 2 is 2.16 bits per heavy atom. The summed E-state index contributed by atoms with van der Waals surface area (Å²) in [6.07, 6.45) is 3.82. The molecule has 25 heavy (non-hydrogen) atoms. The van der Waals surface area contributed by atoms with Gasteiger partial charge in [-0.1, -0.05) is 6.07 Å². The van der Waals surface area contributed by atoms with Gasteiger partial charge >= 0.3 is 0 Å². The van der Waals surface area contributed by atoms with E-state index < -0.39 is 0 Å². The molecule has 0 aromatic carbocycles. The van der Waals surface area contributed by atoms with Crippen LogP contribution in [0.2, 0.25) is 0 Å². The summed E-state index contributed by atoms with van der Waals surface area (Å²) in [5.41, 5.74) is 0.765. The minimum absolute atomic E-state index is 0. The van der Waals surface area contributed by atoms with Gasteiger partial charge in [-0.2, -0.15) is 0 Å². The van der Waals surface area contributed by atoms with E-state index in [2.05, 4.69) is 10.3 Å². The number of amides is 1. The van der Waals surface area contributed by atoms with Crippen LogP contribution in [-0.4, -0.2) is 41.0 Å². The summed E-state index contributed by atoms with van der Waals surface area (Å²) in [6, 6.07) is 5.02. The lowest BCUT2D eigenvalue weighted by atomic mass is 10.1. The number of fused-ring (bicyclic) bond motifs is 2. The smallest absolute Gasteiger partial charge is 0.236 e. The molecule has 2 aromatic rings. The molecule has 2 atom stereocenters. The van der Waals surface area contributed by atoms with Crippen LogP contribution in [0, 0.1) is 6.92 Å². The zero-order chi connectivity index (χ0) is 15.8. The first-order chi connectivity index (χ1) is 11.2. The zero-order valence-electron chi connectivity index (χ0n) is 14.1. The predicted octanol–water partition coefficient (Wildman–Crippen LogP) is 3.45. The number of carbonyl (C=O) groups is 1. The summed E-state index contributed by atoms with van der Waals surface area (Å²) in [5, 5.41) is 5.61. The van der Waals surface area contributed by atoms with Gasteiger partial charge in [0.25, 0.3) is 0 Å². The van der Waals surface area contributed by atoms with E-state index in [1.807, 2.05) is 29.3 Å². The number of aromatic nitrogens is 1. The zero-order valence-corrected chi connectivity index (χ0v) is 16.5. The molecule has 138 valence electrons. The Labute approximate surface area is 164 Å². The SMILES string of the molecule is Cc1oc(-c2cccs2)nc1CC(=O)N1CCC2CCC(C1)N2.Cl.Cl. The second-order valence-corrected chi connectivity index (χ2v) is 7.39. The molecule has 2 aliphatic rings. The van der Waals surface area contributed by atoms with Crippen LogP contribution in [0.3, 0.4) is 0 Å². The predicted molar refractivity (Wildman–Crippen MR) is 104 cm³/mol. The Morgan fingerprint density at radius 3 is 2.92 bits per heavy atom. The van der Waals surface area contributed by atoms with Crippen molar-refractivity contribution in [3.63, 3.8) is 0 Å². The molecule has 1 N–H and O–H groups in total. The Morgan fingerprint density at radius 1 is 1.36 bits per heavy atom. The van der Waals surface area contributed by atoms with Crippen molar-refractivity contribution in [3.05, 3.63) is 29.0 Å². The average Bonchev–Trinajstić information content (AvgIpc) is 3.21. The summed E-state index contributed by atoms with van der Waals surface area (Å²) in [6.45, 7) is 3.56. The molecule has 4 heterocycles. The van der Waals surface area contributed by atoms with Gasteiger partial charge in [0.1, 0.15) is 5.76 Å². The third kappa shape index (κ3) is 4.37. The van der Waals surface area contributed by atoms with Gasteiger partial charge in [-0.3, -0.25) is 4.79 Å². The molecule has 2 bridgehead atoms. The number of thiophene rings is 1. The Balaban J connectivity index is 0.00000113. The number of halogens is 2. The standard InChI is InChI=1S/C17H21N3O2S.2ClH/c1-11-14(19-17(22-11)15-3-2-8-23-15)9-16(21)20-7-6-12-4-5-13(10-20)18-12;;/h2-3,8,12-13,18H,4-7,9-10H2,1H3;2*1H. The first-order valence-corrected chi connectivity index (χ1v) is 9.11. The highest BCUT2D eigenvalue weighted by atomic mass is 35.5. The van der Waals surface area contributed by atoms with Crippen LogP contribution in [0.4, 0.5) is 0 Å². The maximum absolute atomic E-state index is 12.7. The Hall–Kier alpha value is -1.08. The quantitative estimate of drug-likeness (QED) is 0.852. The van der Waals surface area contributed by atoms with E-state index in [-0.39, 0.29) is 30.7 Å². The average molecular weight is 404 g/mol. The van der Waals surface area contributed by atoms with Crippen LogP contribution in [0.25, 0.3) is 10.8 Å². The van der Waals surface area contributed by atoms with Gasteiger partial charge in [0.2, 0.25) is 11.8 Å². The monoisotopic (exact) mass is 403 g/mol. The van der Waals surface area contributed by atoms with Gasteiger partial charge in [-0.05, 0) is 37.6 Å². The highest BCUT2D eigenvalue weighted by Crippen LogP contribution is 2.26. The molecular formula is C17H23Cl2N3O2S. The number of nitrogens with zero attached hydrogens (tertiary/aromatic N) is 2. The van der Waals surface area contributed by atoms with Crippen molar-refractivity contribution in [1.29, 1.82) is 0 Å². The normalized spacial score (nSPS) is 22.0. The van der Waals surface area contributed by atoms with Gasteiger partial charge in [0, 0.05) is 25.2 Å². The number of likely N-dealkylation sites (tertiary alicyclic amines) is 1. The molecule has 8 heteroatoms. The molecule has 2 unspecified atom stereocenters. The lowest BCUT2D eigenvalue weighted by Gasteiger charge is -2.24. The van der Waals surface area contributed by atoms with Crippen molar-refractivity contribution >= 4 is 42.1 Å². The second kappa shape index (κ2) is 8.54. The van der Waals surface area contributed by atoms with Crippen LogP contribution in [-0.2, 0) is 11.2 Å². The highest BCUT2D eigenvalue weighted by Gasteiger charge is 2.31. The van der Waals surface area contributed by atoms with E-state index in [0.29, 0.717) is 24.4 Å². The van der Waals surface area contributed by atoms with Gasteiger partial charge in [0.15, 0.2) is 0 Å². The molecule has 2 fully saturated rings. The first kappa shape index (κ1) is 20.2. The summed E-state index contributed by atoms with van der Waals surface area (Å²) in [7, 11) is 0. The largest absolute Gasteiger partial charge is 0.440 e. The minimum atomic E-state index is 0. The van der Waals surface area contributed by atoms with Gasteiger partial charge in [0.05, 0.1) is 17.0 Å². The summed E-state index contributed by atoms with van der Waals surface area (Å²) in [4.78, 5) is 20.2. The number of carbonyl (C=O) groups excluding carboxylic acids is 1. The fourth-order valence-corrected chi connectivity index (χ4v) is 4.17. The molecule has 0 saturated carbocycles. The lowest BCUT2D eigenvalue weighted by molar-refractivity contribution is -0.130. The molecule has 0 aliphatic carbocycles. The summed E-state index contributed by atoms with van der Waals surface area (Å²) < 4.78 is 5.74. The number of aryl methyl sites for hydroxylation is 1. The van der Waals surface area contributed by atoms with Crippen molar-refractivity contribution < 1.29 is 9.21 Å². The fourth-order valence-electron chi connectivity index (χ4n) is 3.52. The second-order valence-electron chi connectivity index (χ2n) is 6.44. The van der Waals surface area contributed by atoms with Crippen molar-refractivity contribution in [2.75, 3.05) is 13.1 Å². The summed E-state index contributed by atoms with van der Waals surface area (Å²) in [5.74, 6) is 1.53. The van der Waals surface area contributed by atoms with Crippen LogP contribution < -0.4 is 5.32 Å². The molecule has 2 saturated heterocycles. The van der Waals surface area contributed by atoms with E-state index in [1.54, 1.807) is 11.3 Å². The van der Waals surface area contributed by atoms with E-state index in [9.17, 15) is 4.79 Å². The summed E-state index contributed by atoms with van der Waals surface area (Å²) >= 11 is 1.60. The number of rotatable bonds is 3. The maximum atomic E-state index is 12.7. The molecule has 0 spiro atoms. The minimum Gasteiger partial charge on any atom is -0.440 e. The Kier molecular flexibility index (Phi) is 6.91. The molecule has 5 nitrogen and oxygen atoms in total. The van der Waals surface area contributed by atoms with Crippen LogP contribution in [0.15, 0.2) is 21.9 Å². The van der Waals surface area contributed by atoms with Crippen LogP contribution in [0.5, 0.6) is 0 Å². The number of hydrogen-bond donors (Lipinski definition) is 1. The highest BCUT2D eigenvalue weighted by molar-refractivity contribution is 7.13. The molecule has 0 radical (unpaired) electrons. The fraction of sp³-hybridized carbons (Fsp3) is 0.529. The molecule has 1 amide bonds. The van der Waals surface area contributed by atoms with Crippen molar-refractivity contribution in [1.82, 2.24) is 15.2 Å². The van der Waals surface area contributed by atoms with E-state index in [4.69, 9.17) is 4.42 Å². The number of oxazole rings is 1. The number of hydrogen-bond acceptors (Lipinski definition) is 5. The van der Waals surface area contributed by atoms with Crippen LogP contribution in [0.1, 0.15) is 30.7 Å². The van der Waals surface area contributed by atoms with Gasteiger partial charge in [-0.25, -0.2) is 4.98 Å². The maximum Gasteiger partial charge on any atom is 0.236 e. The molecule has 2 aliphatic heterocycles. The third-order valence-corrected chi connectivity index (χ3v) is 5.68. The lowest BCUT2D eigenvalue weighted by Crippen LogP contribution is -2.39. The van der Waals surface area contributed by atoms with Crippen molar-refractivity contribution in [2.24, 2.45) is 0 Å².